The Balaban J connectivity index is 2.37. The van der Waals surface area contributed by atoms with Gasteiger partial charge < -0.3 is 4.74 Å². The predicted molar refractivity (Wildman–Crippen MR) is 74.2 cm³/mol. The molecule has 1 N–H and O–H groups in total. The molecule has 1 aromatic carbocycles. The van der Waals surface area contributed by atoms with E-state index in [0.29, 0.717) is 10.0 Å². The quantitative estimate of drug-likeness (QED) is 0.843. The molecule has 19 heavy (non-hydrogen) atoms. The van der Waals surface area contributed by atoms with E-state index in [-0.39, 0.29) is 12.6 Å². The molecule has 1 saturated carbocycles. The van der Waals surface area contributed by atoms with Crippen LogP contribution in [0.25, 0.3) is 0 Å². The average Bonchev–Trinajstić information content (AvgIpc) is 3.12. The summed E-state index contributed by atoms with van der Waals surface area (Å²) in [5.41, 5.74) is -0.817. The summed E-state index contributed by atoms with van der Waals surface area (Å²) in [5, 5.41) is 3.20. The summed E-state index contributed by atoms with van der Waals surface area (Å²) in [5.74, 6) is -0.860. The van der Waals surface area contributed by atoms with Crippen LogP contribution >= 0.6 is 15.9 Å². The molecule has 5 heteroatoms. The molecule has 0 spiro atoms. The largest absolute Gasteiger partial charge is 0.464 e. The van der Waals surface area contributed by atoms with Crippen LogP contribution < -0.4 is 5.32 Å². The first kappa shape index (κ1) is 14.5. The number of hydrogen-bond donors (Lipinski definition) is 1. The fraction of sp³-hybridized carbons (Fsp3) is 0.500. The van der Waals surface area contributed by atoms with Crippen LogP contribution in [0.3, 0.4) is 0 Å². The standard InChI is InChI=1S/C14H17BrFNO2/c1-3-19-13(18)14(2,17-10-5-6-10)11-7-4-9(15)8-12(11)16/h4,7-8,10,17H,3,5-6H2,1-2H3. The highest BCUT2D eigenvalue weighted by Crippen LogP contribution is 2.32. The van der Waals surface area contributed by atoms with Crippen LogP contribution in [0.15, 0.2) is 22.7 Å². The van der Waals surface area contributed by atoms with Crippen LogP contribution in [0.1, 0.15) is 32.3 Å². The predicted octanol–water partition coefficient (Wildman–Crippen LogP) is 3.12. The van der Waals surface area contributed by atoms with Crippen molar-refractivity contribution < 1.29 is 13.9 Å². The molecule has 0 aliphatic heterocycles. The molecule has 1 unspecified atom stereocenters. The van der Waals surface area contributed by atoms with Gasteiger partial charge in [0.15, 0.2) is 0 Å². The summed E-state index contributed by atoms with van der Waals surface area (Å²) >= 11 is 3.22. The first-order chi connectivity index (χ1) is 8.97. The summed E-state index contributed by atoms with van der Waals surface area (Å²) in [6.07, 6.45) is 2.01. The lowest BCUT2D eigenvalue weighted by molar-refractivity contribution is -0.151. The van der Waals surface area contributed by atoms with Gasteiger partial charge in [-0.25, -0.2) is 9.18 Å². The highest BCUT2D eigenvalue weighted by Gasteiger charge is 2.42. The highest BCUT2D eigenvalue weighted by molar-refractivity contribution is 9.10. The molecule has 0 radical (unpaired) electrons. The van der Waals surface area contributed by atoms with Gasteiger partial charge in [-0.2, -0.15) is 0 Å². The number of hydrogen-bond acceptors (Lipinski definition) is 3. The van der Waals surface area contributed by atoms with Gasteiger partial charge in [0.05, 0.1) is 6.61 Å². The molecule has 3 nitrogen and oxygen atoms in total. The van der Waals surface area contributed by atoms with Crippen LogP contribution in [0.4, 0.5) is 4.39 Å². The Morgan fingerprint density at radius 1 is 1.58 bits per heavy atom. The second kappa shape index (κ2) is 5.59. The van der Waals surface area contributed by atoms with E-state index in [0.717, 1.165) is 12.8 Å². The van der Waals surface area contributed by atoms with Crippen molar-refractivity contribution in [2.24, 2.45) is 0 Å². The van der Waals surface area contributed by atoms with Crippen LogP contribution in [0.2, 0.25) is 0 Å². The molecule has 1 aliphatic carbocycles. The minimum atomic E-state index is -1.14. The zero-order valence-corrected chi connectivity index (χ0v) is 12.6. The van der Waals surface area contributed by atoms with Gasteiger partial charge in [0, 0.05) is 16.1 Å². The van der Waals surface area contributed by atoms with Crippen molar-refractivity contribution in [3.05, 3.63) is 34.1 Å². The van der Waals surface area contributed by atoms with Crippen molar-refractivity contribution in [2.75, 3.05) is 6.61 Å². The van der Waals surface area contributed by atoms with Gasteiger partial charge in [-0.3, -0.25) is 5.32 Å². The molecular weight excluding hydrogens is 313 g/mol. The molecule has 0 saturated heterocycles. The van der Waals surface area contributed by atoms with Gasteiger partial charge in [-0.1, -0.05) is 22.0 Å². The van der Waals surface area contributed by atoms with Crippen molar-refractivity contribution >= 4 is 21.9 Å². The summed E-state index contributed by atoms with van der Waals surface area (Å²) in [6, 6.07) is 4.97. The number of esters is 1. The lowest BCUT2D eigenvalue weighted by Crippen LogP contribution is -2.49. The van der Waals surface area contributed by atoms with Crippen molar-refractivity contribution in [3.63, 3.8) is 0 Å². The monoisotopic (exact) mass is 329 g/mol. The summed E-state index contributed by atoms with van der Waals surface area (Å²) < 4.78 is 19.9. The van der Waals surface area contributed by atoms with Gasteiger partial charge in [0.25, 0.3) is 0 Å². The molecular formula is C14H17BrFNO2. The van der Waals surface area contributed by atoms with E-state index in [1.54, 1.807) is 26.0 Å². The van der Waals surface area contributed by atoms with E-state index in [2.05, 4.69) is 21.2 Å². The Hall–Kier alpha value is -0.940. The first-order valence-corrected chi connectivity index (χ1v) is 7.17. The molecule has 1 aromatic rings. The second-order valence-corrected chi connectivity index (χ2v) is 5.80. The molecule has 0 aromatic heterocycles. The Kier molecular flexibility index (Phi) is 4.26. The molecule has 1 aliphatic rings. The zero-order chi connectivity index (χ0) is 14.0. The number of nitrogens with one attached hydrogen (secondary N) is 1. The third-order valence-corrected chi connectivity index (χ3v) is 3.72. The number of benzene rings is 1. The average molecular weight is 330 g/mol. The molecule has 1 fully saturated rings. The van der Waals surface area contributed by atoms with Gasteiger partial charge in [0.1, 0.15) is 11.4 Å². The van der Waals surface area contributed by atoms with E-state index < -0.39 is 17.3 Å². The van der Waals surface area contributed by atoms with Crippen molar-refractivity contribution in [3.8, 4) is 0 Å². The third-order valence-electron chi connectivity index (χ3n) is 3.22. The fourth-order valence-electron chi connectivity index (χ4n) is 2.05. The Morgan fingerprint density at radius 3 is 2.79 bits per heavy atom. The molecule has 1 atom stereocenters. The van der Waals surface area contributed by atoms with Crippen LogP contribution in [0, 0.1) is 5.82 Å². The van der Waals surface area contributed by atoms with E-state index in [9.17, 15) is 9.18 Å². The van der Waals surface area contributed by atoms with Crippen molar-refractivity contribution in [1.29, 1.82) is 0 Å². The summed E-state index contributed by atoms with van der Waals surface area (Å²) in [6.45, 7) is 3.70. The van der Waals surface area contributed by atoms with E-state index in [1.165, 1.54) is 6.07 Å². The SMILES string of the molecule is CCOC(=O)C(C)(NC1CC1)c1ccc(Br)cc1F. The maximum Gasteiger partial charge on any atom is 0.330 e. The number of carbonyl (C=O) groups excluding carboxylic acids is 1. The molecule has 0 amide bonds. The van der Waals surface area contributed by atoms with E-state index in [1.807, 2.05) is 0 Å². The molecule has 0 heterocycles. The summed E-state index contributed by atoms with van der Waals surface area (Å²) in [4.78, 5) is 12.2. The number of halogens is 2. The molecule has 2 rings (SSSR count). The molecule has 104 valence electrons. The van der Waals surface area contributed by atoms with Crippen LogP contribution in [0.5, 0.6) is 0 Å². The van der Waals surface area contributed by atoms with Gasteiger partial charge >= 0.3 is 5.97 Å². The summed E-state index contributed by atoms with van der Waals surface area (Å²) in [7, 11) is 0. The highest BCUT2D eigenvalue weighted by atomic mass is 79.9. The van der Waals surface area contributed by atoms with Gasteiger partial charge in [-0.05, 0) is 38.8 Å². The van der Waals surface area contributed by atoms with Crippen molar-refractivity contribution in [2.45, 2.75) is 38.3 Å². The Morgan fingerprint density at radius 2 is 2.26 bits per heavy atom. The van der Waals surface area contributed by atoms with E-state index >= 15 is 0 Å². The lowest BCUT2D eigenvalue weighted by Gasteiger charge is -2.29. The number of ether oxygens (including phenoxy) is 1. The second-order valence-electron chi connectivity index (χ2n) is 4.89. The van der Waals surface area contributed by atoms with Crippen LogP contribution in [-0.2, 0) is 15.1 Å². The number of carbonyl (C=O) groups is 1. The van der Waals surface area contributed by atoms with Gasteiger partial charge in [-0.15, -0.1) is 0 Å². The smallest absolute Gasteiger partial charge is 0.330 e. The minimum Gasteiger partial charge on any atom is -0.464 e. The first-order valence-electron chi connectivity index (χ1n) is 6.38. The fourth-order valence-corrected chi connectivity index (χ4v) is 2.39. The van der Waals surface area contributed by atoms with Crippen LogP contribution in [-0.4, -0.2) is 18.6 Å². The normalized spacial score (nSPS) is 17.9. The van der Waals surface area contributed by atoms with Crippen molar-refractivity contribution in [1.82, 2.24) is 5.32 Å². The maximum absolute atomic E-state index is 14.1. The zero-order valence-electron chi connectivity index (χ0n) is 11.0. The minimum absolute atomic E-state index is 0.262. The van der Waals surface area contributed by atoms with Gasteiger partial charge in [0.2, 0.25) is 0 Å². The third kappa shape index (κ3) is 3.15. The number of rotatable bonds is 5. The molecule has 0 bridgehead atoms. The Labute approximate surface area is 120 Å². The topological polar surface area (TPSA) is 38.3 Å². The maximum atomic E-state index is 14.1. The van der Waals surface area contributed by atoms with E-state index in [4.69, 9.17) is 4.74 Å². The lowest BCUT2D eigenvalue weighted by atomic mass is 9.91. The Bertz CT molecular complexity index is 490.